The lowest BCUT2D eigenvalue weighted by molar-refractivity contribution is -0.117. The summed E-state index contributed by atoms with van der Waals surface area (Å²) < 4.78 is 5.15. The van der Waals surface area contributed by atoms with Gasteiger partial charge in [0.05, 0.1) is 12.1 Å². The van der Waals surface area contributed by atoms with Gasteiger partial charge in [0, 0.05) is 24.3 Å². The van der Waals surface area contributed by atoms with E-state index in [9.17, 15) is 9.59 Å². The zero-order valence-electron chi connectivity index (χ0n) is 12.5. The maximum absolute atomic E-state index is 12.1. The lowest BCUT2D eigenvalue weighted by Crippen LogP contribution is -2.23. The molecule has 1 aliphatic rings. The molecule has 1 saturated heterocycles. The molecule has 2 heterocycles. The Labute approximate surface area is 140 Å². The van der Waals surface area contributed by atoms with Gasteiger partial charge < -0.3 is 20.4 Å². The molecule has 7 heteroatoms. The number of nitrogens with one attached hydrogen (secondary N) is 1. The van der Waals surface area contributed by atoms with Gasteiger partial charge in [-0.2, -0.15) is 0 Å². The largest absolute Gasteiger partial charge is 0.467 e. The van der Waals surface area contributed by atoms with Gasteiger partial charge in [-0.05, 0) is 30.7 Å². The van der Waals surface area contributed by atoms with Crippen LogP contribution in [0.15, 0.2) is 41.0 Å². The summed E-state index contributed by atoms with van der Waals surface area (Å²) in [5.41, 5.74) is 7.31. The fourth-order valence-electron chi connectivity index (χ4n) is 2.48. The summed E-state index contributed by atoms with van der Waals surface area (Å²) in [6.07, 6.45) is 2.82. The number of nitrogens with zero attached hydrogens (tertiary/aromatic N) is 1. The summed E-state index contributed by atoms with van der Waals surface area (Å²) in [6.45, 7) is 0.970. The average Bonchev–Trinajstić information content (AvgIpc) is 3.16. The molecule has 0 aliphatic carbocycles. The molecule has 1 aromatic carbocycles. The van der Waals surface area contributed by atoms with E-state index >= 15 is 0 Å². The summed E-state index contributed by atoms with van der Waals surface area (Å²) in [4.78, 5) is 25.7. The van der Waals surface area contributed by atoms with Crippen molar-refractivity contribution in [2.24, 2.45) is 5.73 Å². The van der Waals surface area contributed by atoms with Gasteiger partial charge in [-0.25, -0.2) is 0 Å². The number of carbonyl (C=O) groups is 2. The number of hydrogen-bond donors (Lipinski definition) is 2. The van der Waals surface area contributed by atoms with E-state index in [-0.39, 0.29) is 30.8 Å². The Bertz CT molecular complexity index is 714. The highest BCUT2D eigenvalue weighted by atomic mass is 35.5. The van der Waals surface area contributed by atoms with Crippen molar-refractivity contribution in [2.75, 3.05) is 16.8 Å². The first kappa shape index (κ1) is 17.1. The van der Waals surface area contributed by atoms with Gasteiger partial charge in [-0.1, -0.05) is 6.07 Å². The molecule has 6 nitrogen and oxygen atoms in total. The third-order valence-corrected chi connectivity index (χ3v) is 3.61. The van der Waals surface area contributed by atoms with Crippen molar-refractivity contribution in [2.45, 2.75) is 19.4 Å². The van der Waals surface area contributed by atoms with E-state index in [1.54, 1.807) is 23.1 Å². The van der Waals surface area contributed by atoms with Crippen molar-refractivity contribution in [3.63, 3.8) is 0 Å². The summed E-state index contributed by atoms with van der Waals surface area (Å²) in [5.74, 6) is 0.404. The van der Waals surface area contributed by atoms with Crippen LogP contribution in [0, 0.1) is 0 Å². The second-order valence-electron chi connectivity index (χ2n) is 5.16. The molecule has 23 heavy (non-hydrogen) atoms. The molecule has 0 bridgehead atoms. The predicted octanol–water partition coefficient (Wildman–Crippen LogP) is 2.54. The zero-order valence-corrected chi connectivity index (χ0v) is 13.3. The number of nitrogens with two attached hydrogens (primary N) is 1. The first-order valence-corrected chi connectivity index (χ1v) is 7.16. The van der Waals surface area contributed by atoms with Gasteiger partial charge >= 0.3 is 0 Å². The number of carbonyl (C=O) groups excluding carboxylic acids is 2. The topological polar surface area (TPSA) is 88.6 Å². The molecule has 122 valence electrons. The highest BCUT2D eigenvalue weighted by molar-refractivity contribution is 6.04. The third-order valence-electron chi connectivity index (χ3n) is 3.61. The van der Waals surface area contributed by atoms with Crippen LogP contribution in [-0.2, 0) is 11.3 Å². The molecular formula is C16H18ClN3O3. The highest BCUT2D eigenvalue weighted by Crippen LogP contribution is 2.24. The SMILES string of the molecule is Cl.NCc1cc(C(=O)Nc2cccc(N3CCCC3=O)c2)co1. The van der Waals surface area contributed by atoms with Crippen molar-refractivity contribution in [1.82, 2.24) is 0 Å². The molecule has 0 spiro atoms. The van der Waals surface area contributed by atoms with Gasteiger partial charge in [0.1, 0.15) is 12.0 Å². The van der Waals surface area contributed by atoms with E-state index in [2.05, 4.69) is 5.32 Å². The molecule has 3 rings (SSSR count). The van der Waals surface area contributed by atoms with Crippen molar-refractivity contribution in [3.05, 3.63) is 47.9 Å². The molecule has 3 N–H and O–H groups in total. The minimum atomic E-state index is -0.270. The third kappa shape index (κ3) is 3.72. The normalized spacial score (nSPS) is 13.8. The molecule has 1 fully saturated rings. The molecule has 0 radical (unpaired) electrons. The fraction of sp³-hybridized carbons (Fsp3) is 0.250. The van der Waals surface area contributed by atoms with Crippen molar-refractivity contribution >= 4 is 35.6 Å². The minimum absolute atomic E-state index is 0. The maximum Gasteiger partial charge on any atom is 0.258 e. The average molecular weight is 336 g/mol. The number of hydrogen-bond acceptors (Lipinski definition) is 4. The molecule has 2 aromatic rings. The van der Waals surface area contributed by atoms with Crippen LogP contribution >= 0.6 is 12.4 Å². The molecular weight excluding hydrogens is 318 g/mol. The van der Waals surface area contributed by atoms with Gasteiger partial charge in [-0.3, -0.25) is 9.59 Å². The van der Waals surface area contributed by atoms with Gasteiger partial charge in [-0.15, -0.1) is 12.4 Å². The van der Waals surface area contributed by atoms with Crippen LogP contribution in [-0.4, -0.2) is 18.4 Å². The van der Waals surface area contributed by atoms with Gasteiger partial charge in [0.2, 0.25) is 5.91 Å². The number of amides is 2. The predicted molar refractivity (Wildman–Crippen MR) is 89.8 cm³/mol. The van der Waals surface area contributed by atoms with E-state index in [4.69, 9.17) is 10.2 Å². The Morgan fingerprint density at radius 1 is 1.35 bits per heavy atom. The maximum atomic E-state index is 12.1. The monoisotopic (exact) mass is 335 g/mol. The smallest absolute Gasteiger partial charge is 0.258 e. The number of rotatable bonds is 4. The highest BCUT2D eigenvalue weighted by Gasteiger charge is 2.21. The van der Waals surface area contributed by atoms with Crippen LogP contribution in [0.3, 0.4) is 0 Å². The van der Waals surface area contributed by atoms with Crippen LogP contribution in [0.4, 0.5) is 11.4 Å². The van der Waals surface area contributed by atoms with Crippen LogP contribution in [0.1, 0.15) is 29.0 Å². The van der Waals surface area contributed by atoms with Crippen molar-refractivity contribution < 1.29 is 14.0 Å². The fourth-order valence-corrected chi connectivity index (χ4v) is 2.48. The Morgan fingerprint density at radius 3 is 2.83 bits per heavy atom. The van der Waals surface area contributed by atoms with Crippen LogP contribution in [0.2, 0.25) is 0 Å². The molecule has 0 unspecified atom stereocenters. The zero-order chi connectivity index (χ0) is 15.5. The quantitative estimate of drug-likeness (QED) is 0.898. The van der Waals surface area contributed by atoms with Gasteiger partial charge in [0.25, 0.3) is 5.91 Å². The number of anilines is 2. The Morgan fingerprint density at radius 2 is 2.17 bits per heavy atom. The Hall–Kier alpha value is -2.31. The first-order chi connectivity index (χ1) is 10.7. The molecule has 1 aromatic heterocycles. The summed E-state index contributed by atoms with van der Waals surface area (Å²) in [5, 5.41) is 2.80. The Balaban J connectivity index is 0.00000192. The molecule has 2 amide bonds. The summed E-state index contributed by atoms with van der Waals surface area (Å²) in [7, 11) is 0. The van der Waals surface area contributed by atoms with Gasteiger partial charge in [0.15, 0.2) is 0 Å². The van der Waals surface area contributed by atoms with Crippen LogP contribution < -0.4 is 16.0 Å². The van der Waals surface area contributed by atoms with E-state index < -0.39 is 0 Å². The molecule has 0 atom stereocenters. The van der Waals surface area contributed by atoms with E-state index in [0.29, 0.717) is 23.4 Å². The number of furan rings is 1. The Kier molecular flexibility index (Phi) is 5.41. The van der Waals surface area contributed by atoms with Crippen molar-refractivity contribution in [3.8, 4) is 0 Å². The van der Waals surface area contributed by atoms with E-state index in [0.717, 1.165) is 18.7 Å². The summed E-state index contributed by atoms with van der Waals surface area (Å²) in [6, 6.07) is 8.88. The molecule has 0 saturated carbocycles. The standard InChI is InChI=1S/C16H17N3O3.ClH/c17-9-14-7-11(10-22-14)16(21)18-12-3-1-4-13(8-12)19-6-2-5-15(19)20;/h1,3-4,7-8,10H,2,5-6,9,17H2,(H,18,21);1H. The van der Waals surface area contributed by atoms with Crippen LogP contribution in [0.25, 0.3) is 0 Å². The second kappa shape index (κ2) is 7.30. The number of benzene rings is 1. The molecule has 1 aliphatic heterocycles. The van der Waals surface area contributed by atoms with E-state index in [1.165, 1.54) is 6.26 Å². The van der Waals surface area contributed by atoms with Crippen LogP contribution in [0.5, 0.6) is 0 Å². The second-order valence-corrected chi connectivity index (χ2v) is 5.16. The minimum Gasteiger partial charge on any atom is -0.467 e. The van der Waals surface area contributed by atoms with Crippen molar-refractivity contribution in [1.29, 1.82) is 0 Å². The summed E-state index contributed by atoms with van der Waals surface area (Å²) >= 11 is 0. The lowest BCUT2D eigenvalue weighted by atomic mass is 10.2. The number of halogens is 1. The lowest BCUT2D eigenvalue weighted by Gasteiger charge is -2.16. The first-order valence-electron chi connectivity index (χ1n) is 7.16. The van der Waals surface area contributed by atoms with E-state index in [1.807, 2.05) is 12.1 Å².